The Labute approximate surface area is 174 Å². The zero-order valence-electron chi connectivity index (χ0n) is 17.7. The van der Waals surface area contributed by atoms with Crippen LogP contribution in [0.1, 0.15) is 54.6 Å². The SMILES string of the molecule is CCN(C(=O)c1cccc(S(=O)(=O)N2CCCCC2C)c1)c1cc(C)ccc1C. The van der Waals surface area contributed by atoms with Gasteiger partial charge in [-0.15, -0.1) is 0 Å². The molecule has 5 nitrogen and oxygen atoms in total. The van der Waals surface area contributed by atoms with E-state index in [4.69, 9.17) is 0 Å². The van der Waals surface area contributed by atoms with Crippen LogP contribution < -0.4 is 4.90 Å². The molecule has 156 valence electrons. The highest BCUT2D eigenvalue weighted by Gasteiger charge is 2.31. The number of nitrogens with zero attached hydrogens (tertiary/aromatic N) is 2. The minimum absolute atomic E-state index is 0.0183. The van der Waals surface area contributed by atoms with E-state index < -0.39 is 10.0 Å². The predicted molar refractivity (Wildman–Crippen MR) is 117 cm³/mol. The van der Waals surface area contributed by atoms with Gasteiger partial charge >= 0.3 is 0 Å². The first kappa shape index (κ1) is 21.5. The van der Waals surface area contributed by atoms with Crippen LogP contribution in [0.4, 0.5) is 5.69 Å². The fraction of sp³-hybridized carbons (Fsp3) is 0.435. The summed E-state index contributed by atoms with van der Waals surface area (Å²) in [6, 6.07) is 12.4. The second-order valence-corrected chi connectivity index (χ2v) is 9.72. The van der Waals surface area contributed by atoms with Crippen molar-refractivity contribution in [2.24, 2.45) is 0 Å². The third kappa shape index (κ3) is 4.38. The number of benzene rings is 2. The third-order valence-electron chi connectivity index (χ3n) is 5.65. The van der Waals surface area contributed by atoms with Crippen LogP contribution in [0.25, 0.3) is 0 Å². The molecule has 0 aromatic heterocycles. The Hall–Kier alpha value is -2.18. The summed E-state index contributed by atoms with van der Waals surface area (Å²) in [6.45, 7) is 8.88. The molecule has 6 heteroatoms. The Morgan fingerprint density at radius 3 is 2.59 bits per heavy atom. The van der Waals surface area contributed by atoms with Crippen LogP contribution >= 0.6 is 0 Å². The standard InChI is InChI=1S/C23H30N2O3S/c1-5-24(22-15-17(2)12-13-18(22)3)23(26)20-10-8-11-21(16-20)29(27,28)25-14-7-6-9-19(25)4/h8,10-13,15-16,19H,5-7,9,14H2,1-4H3. The molecule has 1 fully saturated rings. The number of rotatable bonds is 5. The van der Waals surface area contributed by atoms with E-state index in [1.165, 1.54) is 6.07 Å². The lowest BCUT2D eigenvalue weighted by molar-refractivity contribution is 0.0988. The van der Waals surface area contributed by atoms with Crippen LogP contribution in [0, 0.1) is 13.8 Å². The van der Waals surface area contributed by atoms with Gasteiger partial charge in [0.2, 0.25) is 10.0 Å². The lowest BCUT2D eigenvalue weighted by Crippen LogP contribution is -2.42. The van der Waals surface area contributed by atoms with Gasteiger partial charge in [-0.1, -0.05) is 24.6 Å². The van der Waals surface area contributed by atoms with Gasteiger partial charge in [-0.25, -0.2) is 8.42 Å². The largest absolute Gasteiger partial charge is 0.308 e. The molecule has 3 rings (SSSR count). The number of sulfonamides is 1. The van der Waals surface area contributed by atoms with E-state index in [0.717, 1.165) is 36.1 Å². The van der Waals surface area contributed by atoms with Gasteiger partial charge in [0.05, 0.1) is 4.90 Å². The highest BCUT2D eigenvalue weighted by Crippen LogP contribution is 2.27. The summed E-state index contributed by atoms with van der Waals surface area (Å²) in [7, 11) is -3.62. The lowest BCUT2D eigenvalue weighted by Gasteiger charge is -2.32. The average Bonchev–Trinajstić information content (AvgIpc) is 2.71. The zero-order valence-corrected chi connectivity index (χ0v) is 18.5. The lowest BCUT2D eigenvalue weighted by atomic mass is 10.1. The molecule has 0 aliphatic carbocycles. The Bertz CT molecular complexity index is 1000. The fourth-order valence-corrected chi connectivity index (χ4v) is 5.69. The molecule has 1 heterocycles. The van der Waals surface area contributed by atoms with Gasteiger partial charge in [0.25, 0.3) is 5.91 Å². The number of amides is 1. The average molecular weight is 415 g/mol. The minimum Gasteiger partial charge on any atom is -0.308 e. The van der Waals surface area contributed by atoms with Gasteiger partial charge < -0.3 is 4.90 Å². The summed E-state index contributed by atoms with van der Waals surface area (Å²) in [5, 5.41) is 0. The number of carbonyl (C=O) groups excluding carboxylic acids is 1. The number of carbonyl (C=O) groups is 1. The molecule has 2 aromatic rings. The Morgan fingerprint density at radius 1 is 1.14 bits per heavy atom. The highest BCUT2D eigenvalue weighted by molar-refractivity contribution is 7.89. The van der Waals surface area contributed by atoms with Gasteiger partial charge in [0, 0.05) is 30.4 Å². The van der Waals surface area contributed by atoms with E-state index >= 15 is 0 Å². The van der Waals surface area contributed by atoms with Crippen molar-refractivity contribution in [1.29, 1.82) is 0 Å². The van der Waals surface area contributed by atoms with Crippen LogP contribution in [0.2, 0.25) is 0 Å². The third-order valence-corrected chi connectivity index (χ3v) is 7.66. The first-order chi connectivity index (χ1) is 13.8. The number of hydrogen-bond acceptors (Lipinski definition) is 3. The molecule has 0 radical (unpaired) electrons. The zero-order chi connectivity index (χ0) is 21.2. The summed E-state index contributed by atoms with van der Waals surface area (Å²) in [4.78, 5) is 15.2. The number of piperidine rings is 1. The monoisotopic (exact) mass is 414 g/mol. The fourth-order valence-electron chi connectivity index (χ4n) is 3.94. The summed E-state index contributed by atoms with van der Waals surface area (Å²) < 4.78 is 27.9. The van der Waals surface area contributed by atoms with Crippen molar-refractivity contribution in [1.82, 2.24) is 4.31 Å². The maximum Gasteiger partial charge on any atom is 0.258 e. The van der Waals surface area contributed by atoms with Gasteiger partial charge in [0.15, 0.2) is 0 Å². The van der Waals surface area contributed by atoms with E-state index in [1.54, 1.807) is 27.4 Å². The van der Waals surface area contributed by atoms with Crippen molar-refractivity contribution in [2.75, 3.05) is 18.0 Å². The highest BCUT2D eigenvalue weighted by atomic mass is 32.2. The number of hydrogen-bond donors (Lipinski definition) is 0. The Balaban J connectivity index is 1.95. The van der Waals surface area contributed by atoms with E-state index in [9.17, 15) is 13.2 Å². The molecule has 1 amide bonds. The molecule has 0 bridgehead atoms. The predicted octanol–water partition coefficient (Wildman–Crippen LogP) is 4.53. The molecule has 0 saturated carbocycles. The Morgan fingerprint density at radius 2 is 1.90 bits per heavy atom. The van der Waals surface area contributed by atoms with Crippen molar-refractivity contribution in [3.63, 3.8) is 0 Å². The molecule has 2 aromatic carbocycles. The van der Waals surface area contributed by atoms with Gasteiger partial charge in [0.1, 0.15) is 0 Å². The van der Waals surface area contributed by atoms with E-state index in [-0.39, 0.29) is 16.8 Å². The summed E-state index contributed by atoms with van der Waals surface area (Å²) in [5.74, 6) is -0.190. The summed E-state index contributed by atoms with van der Waals surface area (Å²) >= 11 is 0. The number of anilines is 1. The van der Waals surface area contributed by atoms with Crippen LogP contribution in [0.15, 0.2) is 47.4 Å². The maximum atomic E-state index is 13.3. The normalized spacial score (nSPS) is 17.9. The molecular weight excluding hydrogens is 384 g/mol. The minimum atomic E-state index is -3.62. The molecule has 0 N–H and O–H groups in total. The quantitative estimate of drug-likeness (QED) is 0.722. The maximum absolute atomic E-state index is 13.3. The van der Waals surface area contributed by atoms with Crippen molar-refractivity contribution >= 4 is 21.6 Å². The van der Waals surface area contributed by atoms with Gasteiger partial charge in [-0.3, -0.25) is 4.79 Å². The first-order valence-electron chi connectivity index (χ1n) is 10.3. The van der Waals surface area contributed by atoms with Crippen molar-refractivity contribution in [2.45, 2.75) is 57.9 Å². The van der Waals surface area contributed by atoms with E-state index in [0.29, 0.717) is 18.7 Å². The van der Waals surface area contributed by atoms with Crippen LogP contribution in [0.3, 0.4) is 0 Å². The first-order valence-corrected chi connectivity index (χ1v) is 11.7. The van der Waals surface area contributed by atoms with E-state index in [1.807, 2.05) is 45.9 Å². The number of aryl methyl sites for hydroxylation is 2. The molecule has 1 aliphatic rings. The summed E-state index contributed by atoms with van der Waals surface area (Å²) in [5.41, 5.74) is 3.33. The van der Waals surface area contributed by atoms with Gasteiger partial charge in [-0.2, -0.15) is 4.31 Å². The second kappa shape index (κ2) is 8.67. The molecule has 29 heavy (non-hydrogen) atoms. The molecule has 0 spiro atoms. The topological polar surface area (TPSA) is 57.7 Å². The van der Waals surface area contributed by atoms with Crippen molar-refractivity contribution in [3.05, 3.63) is 59.2 Å². The van der Waals surface area contributed by atoms with Gasteiger partial charge in [-0.05, 0) is 75.9 Å². The van der Waals surface area contributed by atoms with Crippen molar-refractivity contribution < 1.29 is 13.2 Å². The summed E-state index contributed by atoms with van der Waals surface area (Å²) in [6.07, 6.45) is 2.79. The molecule has 1 atom stereocenters. The molecular formula is C23H30N2O3S. The molecule has 1 aliphatic heterocycles. The molecule has 1 saturated heterocycles. The van der Waals surface area contributed by atoms with Crippen LogP contribution in [-0.4, -0.2) is 37.8 Å². The van der Waals surface area contributed by atoms with Crippen LogP contribution in [-0.2, 0) is 10.0 Å². The molecule has 1 unspecified atom stereocenters. The second-order valence-electron chi connectivity index (χ2n) is 7.83. The van der Waals surface area contributed by atoms with E-state index in [2.05, 4.69) is 0 Å². The smallest absolute Gasteiger partial charge is 0.258 e. The van der Waals surface area contributed by atoms with Crippen molar-refractivity contribution in [3.8, 4) is 0 Å². The van der Waals surface area contributed by atoms with Crippen LogP contribution in [0.5, 0.6) is 0 Å². The Kier molecular flexibility index (Phi) is 6.44.